The highest BCUT2D eigenvalue weighted by Gasteiger charge is 2.09. The highest BCUT2D eigenvalue weighted by atomic mass is 15.0. The molecule has 4 nitrogen and oxygen atoms in total. The molecule has 1 unspecified atom stereocenters. The minimum Gasteiger partial charge on any atom is -0.366 e. The Hall–Kier alpha value is -2.41. The zero-order chi connectivity index (χ0) is 14.9. The van der Waals surface area contributed by atoms with E-state index in [1.54, 1.807) is 6.20 Å². The van der Waals surface area contributed by atoms with Crippen LogP contribution in [0.25, 0.3) is 0 Å². The Morgan fingerprint density at radius 1 is 1.14 bits per heavy atom. The van der Waals surface area contributed by atoms with Gasteiger partial charge in [0.2, 0.25) is 0 Å². The van der Waals surface area contributed by atoms with Crippen LogP contribution in [-0.4, -0.2) is 16.0 Å². The zero-order valence-corrected chi connectivity index (χ0v) is 12.3. The third-order valence-electron chi connectivity index (χ3n) is 3.38. The summed E-state index contributed by atoms with van der Waals surface area (Å²) in [5.41, 5.74) is 1.70. The Balaban J connectivity index is 1.93. The van der Waals surface area contributed by atoms with Crippen molar-refractivity contribution in [2.24, 2.45) is 0 Å². The first-order valence-electron chi connectivity index (χ1n) is 7.34. The third kappa shape index (κ3) is 4.88. The lowest BCUT2D eigenvalue weighted by molar-refractivity contribution is 0.592. The molecule has 1 aromatic carbocycles. The number of nitriles is 1. The summed E-state index contributed by atoms with van der Waals surface area (Å²) in [5.74, 6) is 0.737. The summed E-state index contributed by atoms with van der Waals surface area (Å²) >= 11 is 0. The molecule has 1 N–H and O–H groups in total. The van der Waals surface area contributed by atoms with E-state index in [4.69, 9.17) is 5.26 Å². The number of nitrogens with zero attached hydrogens (tertiary/aromatic N) is 3. The van der Waals surface area contributed by atoms with Gasteiger partial charge in [0, 0.05) is 6.04 Å². The van der Waals surface area contributed by atoms with E-state index in [2.05, 4.69) is 46.5 Å². The monoisotopic (exact) mass is 280 g/mol. The topological polar surface area (TPSA) is 61.6 Å². The van der Waals surface area contributed by atoms with Crippen molar-refractivity contribution in [3.05, 3.63) is 54.0 Å². The molecule has 1 aromatic heterocycles. The molecule has 21 heavy (non-hydrogen) atoms. The van der Waals surface area contributed by atoms with Crippen LogP contribution < -0.4 is 5.32 Å². The number of hydrogen-bond acceptors (Lipinski definition) is 4. The van der Waals surface area contributed by atoms with Gasteiger partial charge >= 0.3 is 0 Å². The first kappa shape index (κ1) is 15.0. The number of aromatic nitrogens is 2. The van der Waals surface area contributed by atoms with Crippen LogP contribution in [0.4, 0.5) is 5.82 Å². The largest absolute Gasteiger partial charge is 0.366 e. The molecule has 4 heteroatoms. The second-order valence-electron chi connectivity index (χ2n) is 5.05. The predicted molar refractivity (Wildman–Crippen MR) is 83.8 cm³/mol. The van der Waals surface area contributed by atoms with E-state index < -0.39 is 0 Å². The van der Waals surface area contributed by atoms with Gasteiger partial charge < -0.3 is 5.32 Å². The van der Waals surface area contributed by atoms with Gasteiger partial charge in [-0.1, -0.05) is 43.7 Å². The highest BCUT2D eigenvalue weighted by Crippen LogP contribution is 2.13. The summed E-state index contributed by atoms with van der Waals surface area (Å²) < 4.78 is 0. The normalized spacial score (nSPS) is 11.6. The van der Waals surface area contributed by atoms with Crippen molar-refractivity contribution in [1.82, 2.24) is 9.97 Å². The predicted octanol–water partition coefficient (Wildman–Crippen LogP) is 3.56. The zero-order valence-electron chi connectivity index (χ0n) is 12.3. The van der Waals surface area contributed by atoms with Crippen LogP contribution in [0.5, 0.6) is 0 Å². The summed E-state index contributed by atoms with van der Waals surface area (Å²) in [7, 11) is 0. The second-order valence-corrected chi connectivity index (χ2v) is 5.05. The van der Waals surface area contributed by atoms with E-state index >= 15 is 0 Å². The maximum absolute atomic E-state index is 8.73. The van der Waals surface area contributed by atoms with E-state index in [1.165, 1.54) is 11.8 Å². The molecular weight excluding hydrogens is 260 g/mol. The first-order valence-corrected chi connectivity index (χ1v) is 7.34. The minimum atomic E-state index is 0.344. The molecule has 1 atom stereocenters. The van der Waals surface area contributed by atoms with Crippen molar-refractivity contribution >= 4 is 5.82 Å². The quantitative estimate of drug-likeness (QED) is 0.842. The van der Waals surface area contributed by atoms with Crippen molar-refractivity contribution in [3.63, 3.8) is 0 Å². The van der Waals surface area contributed by atoms with Crippen molar-refractivity contribution in [2.45, 2.75) is 38.6 Å². The molecule has 108 valence electrons. The van der Waals surface area contributed by atoms with Crippen molar-refractivity contribution < 1.29 is 0 Å². The molecule has 2 aromatic rings. The number of benzene rings is 1. The van der Waals surface area contributed by atoms with Gasteiger partial charge in [0.05, 0.1) is 12.4 Å². The number of rotatable bonds is 7. The Morgan fingerprint density at radius 2 is 1.95 bits per heavy atom. The average Bonchev–Trinajstić information content (AvgIpc) is 2.54. The molecule has 2 rings (SSSR count). The molecule has 0 saturated carbocycles. The number of anilines is 1. The van der Waals surface area contributed by atoms with Gasteiger partial charge in [-0.15, -0.1) is 0 Å². The molecule has 0 radical (unpaired) electrons. The number of aryl methyl sites for hydroxylation is 1. The number of nitrogens with one attached hydrogen (secondary N) is 1. The molecule has 0 bridgehead atoms. The van der Waals surface area contributed by atoms with Crippen LogP contribution in [-0.2, 0) is 6.42 Å². The van der Waals surface area contributed by atoms with Crippen molar-refractivity contribution in [1.29, 1.82) is 5.26 Å². The number of hydrogen-bond donors (Lipinski definition) is 1. The smallest absolute Gasteiger partial charge is 0.158 e. The molecule has 0 aliphatic carbocycles. The van der Waals surface area contributed by atoms with Gasteiger partial charge in [0.15, 0.2) is 5.69 Å². The fourth-order valence-corrected chi connectivity index (χ4v) is 2.29. The molecule has 0 fully saturated rings. The van der Waals surface area contributed by atoms with Crippen LogP contribution in [0.2, 0.25) is 0 Å². The molecule has 0 aliphatic rings. The first-order chi connectivity index (χ1) is 10.3. The Bertz CT molecular complexity index is 572. The molecule has 0 aliphatic heterocycles. The van der Waals surface area contributed by atoms with E-state index in [9.17, 15) is 0 Å². The lowest BCUT2D eigenvalue weighted by atomic mass is 10.0. The van der Waals surface area contributed by atoms with Crippen molar-refractivity contribution in [3.8, 4) is 6.07 Å². The molecule has 0 spiro atoms. The van der Waals surface area contributed by atoms with E-state index in [0.717, 1.165) is 31.5 Å². The van der Waals surface area contributed by atoms with Crippen LogP contribution in [0.3, 0.4) is 0 Å². The van der Waals surface area contributed by atoms with Gasteiger partial charge in [-0.25, -0.2) is 9.97 Å². The molecule has 0 amide bonds. The van der Waals surface area contributed by atoms with Gasteiger partial charge in [0.1, 0.15) is 11.9 Å². The highest BCUT2D eigenvalue weighted by molar-refractivity contribution is 5.34. The lowest BCUT2D eigenvalue weighted by Gasteiger charge is -2.18. The SMILES string of the molecule is CCCC(CCc1ccccc1)Nc1cnc(C#N)cn1. The fraction of sp³-hybridized carbons (Fsp3) is 0.353. The Labute approximate surface area is 125 Å². The van der Waals surface area contributed by atoms with Crippen LogP contribution in [0, 0.1) is 11.3 Å². The van der Waals surface area contributed by atoms with E-state index in [0.29, 0.717) is 11.7 Å². The summed E-state index contributed by atoms with van der Waals surface area (Å²) in [6.45, 7) is 2.18. The summed E-state index contributed by atoms with van der Waals surface area (Å²) in [6, 6.07) is 12.9. The summed E-state index contributed by atoms with van der Waals surface area (Å²) in [4.78, 5) is 8.27. The molecule has 1 heterocycles. The fourth-order valence-electron chi connectivity index (χ4n) is 2.29. The standard InChI is InChI=1S/C17H20N4/c1-2-6-15(10-9-14-7-4-3-5-8-14)21-17-13-19-16(11-18)12-20-17/h3-5,7-8,12-13,15H,2,6,9-10H2,1H3,(H,20,21). The average molecular weight is 280 g/mol. The maximum Gasteiger partial charge on any atom is 0.158 e. The van der Waals surface area contributed by atoms with Gasteiger partial charge in [-0.3, -0.25) is 0 Å². The van der Waals surface area contributed by atoms with Crippen LogP contribution in [0.1, 0.15) is 37.4 Å². The lowest BCUT2D eigenvalue weighted by Crippen LogP contribution is -2.21. The van der Waals surface area contributed by atoms with Gasteiger partial charge in [-0.2, -0.15) is 5.26 Å². The van der Waals surface area contributed by atoms with Crippen LogP contribution in [0.15, 0.2) is 42.7 Å². The van der Waals surface area contributed by atoms with E-state index in [1.807, 2.05) is 12.1 Å². The second kappa shape index (κ2) is 8.01. The maximum atomic E-state index is 8.73. The minimum absolute atomic E-state index is 0.344. The summed E-state index contributed by atoms with van der Waals surface area (Å²) in [5, 5.41) is 12.2. The van der Waals surface area contributed by atoms with Gasteiger partial charge in [0.25, 0.3) is 0 Å². The summed E-state index contributed by atoms with van der Waals surface area (Å²) in [6.07, 6.45) is 7.44. The molecular formula is C17H20N4. The molecule has 0 saturated heterocycles. The third-order valence-corrected chi connectivity index (χ3v) is 3.38. The van der Waals surface area contributed by atoms with E-state index in [-0.39, 0.29) is 0 Å². The van der Waals surface area contributed by atoms with Gasteiger partial charge in [-0.05, 0) is 24.8 Å². The Kier molecular flexibility index (Phi) is 5.71. The van der Waals surface area contributed by atoms with Crippen LogP contribution >= 0.6 is 0 Å². The van der Waals surface area contributed by atoms with Crippen molar-refractivity contribution in [2.75, 3.05) is 5.32 Å². The Morgan fingerprint density at radius 3 is 2.57 bits per heavy atom.